The zero-order valence-electron chi connectivity index (χ0n) is 11.9. The molecular weight excluding hydrogens is 226 g/mol. The topological polar surface area (TPSA) is 30.5 Å². The molecule has 0 saturated heterocycles. The standard InChI is InChI=1S/C15H29NO2/c1-17-11-12-18-10-4-9-15(7-2-3-8-15)13-16-14-5-6-14/h14,16H,2-13H2,1H3. The van der Waals surface area contributed by atoms with Gasteiger partial charge in [0.2, 0.25) is 0 Å². The van der Waals surface area contributed by atoms with Crippen molar-refractivity contribution in [2.75, 3.05) is 33.5 Å². The SMILES string of the molecule is COCCOCCCC1(CNC2CC2)CCCC1. The van der Waals surface area contributed by atoms with Crippen LogP contribution in [0.25, 0.3) is 0 Å². The van der Waals surface area contributed by atoms with Gasteiger partial charge in [-0.15, -0.1) is 0 Å². The van der Waals surface area contributed by atoms with Crippen LogP contribution in [0.4, 0.5) is 0 Å². The molecule has 0 amide bonds. The Bertz CT molecular complexity index is 223. The fraction of sp³-hybridized carbons (Fsp3) is 1.00. The second-order valence-corrected chi connectivity index (χ2v) is 6.07. The third-order valence-corrected chi connectivity index (χ3v) is 4.43. The minimum atomic E-state index is 0.590. The van der Waals surface area contributed by atoms with Gasteiger partial charge < -0.3 is 14.8 Å². The summed E-state index contributed by atoms with van der Waals surface area (Å²) in [5, 5.41) is 3.74. The van der Waals surface area contributed by atoms with Gasteiger partial charge in [0.25, 0.3) is 0 Å². The zero-order valence-corrected chi connectivity index (χ0v) is 11.9. The van der Waals surface area contributed by atoms with Gasteiger partial charge in [-0.25, -0.2) is 0 Å². The molecule has 2 fully saturated rings. The summed E-state index contributed by atoms with van der Waals surface area (Å²) in [5.74, 6) is 0. The van der Waals surface area contributed by atoms with Crippen LogP contribution < -0.4 is 5.32 Å². The molecule has 0 aromatic rings. The van der Waals surface area contributed by atoms with Crippen molar-refractivity contribution in [3.8, 4) is 0 Å². The molecule has 2 aliphatic rings. The van der Waals surface area contributed by atoms with Crippen molar-refractivity contribution in [1.82, 2.24) is 5.32 Å². The van der Waals surface area contributed by atoms with Crippen molar-refractivity contribution in [3.05, 3.63) is 0 Å². The Morgan fingerprint density at radius 2 is 1.89 bits per heavy atom. The lowest BCUT2D eigenvalue weighted by molar-refractivity contribution is 0.0634. The van der Waals surface area contributed by atoms with Gasteiger partial charge in [0.05, 0.1) is 13.2 Å². The van der Waals surface area contributed by atoms with Gasteiger partial charge in [0.15, 0.2) is 0 Å². The number of hydrogen-bond acceptors (Lipinski definition) is 3. The fourth-order valence-electron chi connectivity index (χ4n) is 3.08. The van der Waals surface area contributed by atoms with Crippen molar-refractivity contribution in [3.63, 3.8) is 0 Å². The zero-order chi connectivity index (χ0) is 12.7. The molecule has 0 radical (unpaired) electrons. The fourth-order valence-corrected chi connectivity index (χ4v) is 3.08. The van der Waals surface area contributed by atoms with Gasteiger partial charge in [-0.05, 0) is 43.9 Å². The van der Waals surface area contributed by atoms with Gasteiger partial charge >= 0.3 is 0 Å². The first-order valence-electron chi connectivity index (χ1n) is 7.65. The molecule has 106 valence electrons. The van der Waals surface area contributed by atoms with E-state index in [1.807, 2.05) is 0 Å². The van der Waals surface area contributed by atoms with Crippen LogP contribution in [-0.4, -0.2) is 39.5 Å². The van der Waals surface area contributed by atoms with E-state index in [0.717, 1.165) is 19.3 Å². The van der Waals surface area contributed by atoms with Crippen molar-refractivity contribution in [2.45, 2.75) is 57.4 Å². The highest BCUT2D eigenvalue weighted by Crippen LogP contribution is 2.42. The van der Waals surface area contributed by atoms with Crippen molar-refractivity contribution < 1.29 is 9.47 Å². The molecule has 0 unspecified atom stereocenters. The Hall–Kier alpha value is -0.120. The smallest absolute Gasteiger partial charge is 0.0700 e. The van der Waals surface area contributed by atoms with E-state index in [1.165, 1.54) is 57.9 Å². The van der Waals surface area contributed by atoms with E-state index >= 15 is 0 Å². The molecule has 0 aromatic carbocycles. The lowest BCUT2D eigenvalue weighted by atomic mass is 9.81. The quantitative estimate of drug-likeness (QED) is 0.609. The number of hydrogen-bond donors (Lipinski definition) is 1. The van der Waals surface area contributed by atoms with Crippen LogP contribution >= 0.6 is 0 Å². The molecule has 3 heteroatoms. The molecule has 2 saturated carbocycles. The van der Waals surface area contributed by atoms with E-state index in [-0.39, 0.29) is 0 Å². The highest BCUT2D eigenvalue weighted by atomic mass is 16.5. The first kappa shape index (κ1) is 14.3. The third kappa shape index (κ3) is 4.87. The molecule has 2 rings (SSSR count). The van der Waals surface area contributed by atoms with Gasteiger partial charge in [-0.2, -0.15) is 0 Å². The lowest BCUT2D eigenvalue weighted by Gasteiger charge is -2.29. The molecule has 0 aromatic heterocycles. The van der Waals surface area contributed by atoms with Crippen molar-refractivity contribution in [2.24, 2.45) is 5.41 Å². The largest absolute Gasteiger partial charge is 0.382 e. The van der Waals surface area contributed by atoms with Crippen LogP contribution in [0.2, 0.25) is 0 Å². The van der Waals surface area contributed by atoms with Crippen molar-refractivity contribution >= 4 is 0 Å². The van der Waals surface area contributed by atoms with Crippen LogP contribution in [-0.2, 0) is 9.47 Å². The Morgan fingerprint density at radius 1 is 1.11 bits per heavy atom. The highest BCUT2D eigenvalue weighted by molar-refractivity contribution is 4.90. The molecule has 0 atom stereocenters. The van der Waals surface area contributed by atoms with E-state index in [2.05, 4.69) is 5.32 Å². The molecule has 0 heterocycles. The normalized spacial score (nSPS) is 22.5. The van der Waals surface area contributed by atoms with E-state index in [1.54, 1.807) is 7.11 Å². The van der Waals surface area contributed by atoms with Crippen LogP contribution in [0.15, 0.2) is 0 Å². The Morgan fingerprint density at radius 3 is 2.56 bits per heavy atom. The maximum atomic E-state index is 5.57. The first-order chi connectivity index (χ1) is 8.85. The average Bonchev–Trinajstić information content (AvgIpc) is 3.11. The minimum Gasteiger partial charge on any atom is -0.382 e. The highest BCUT2D eigenvalue weighted by Gasteiger charge is 2.34. The summed E-state index contributed by atoms with van der Waals surface area (Å²) in [6.45, 7) is 3.60. The molecule has 0 bridgehead atoms. The number of nitrogens with one attached hydrogen (secondary N) is 1. The van der Waals surface area contributed by atoms with Gasteiger partial charge in [-0.3, -0.25) is 0 Å². The van der Waals surface area contributed by atoms with Gasteiger partial charge in [0, 0.05) is 26.3 Å². The third-order valence-electron chi connectivity index (χ3n) is 4.43. The predicted molar refractivity (Wildman–Crippen MR) is 73.9 cm³/mol. The lowest BCUT2D eigenvalue weighted by Crippen LogP contribution is -2.33. The first-order valence-corrected chi connectivity index (χ1v) is 7.65. The molecule has 0 spiro atoms. The summed E-state index contributed by atoms with van der Waals surface area (Å²) < 4.78 is 10.5. The van der Waals surface area contributed by atoms with E-state index in [4.69, 9.17) is 9.47 Å². The average molecular weight is 255 g/mol. The molecule has 1 N–H and O–H groups in total. The number of rotatable bonds is 10. The predicted octanol–water partition coefficient (Wildman–Crippen LogP) is 2.74. The summed E-state index contributed by atoms with van der Waals surface area (Å²) in [6, 6.07) is 0.848. The van der Waals surface area contributed by atoms with E-state index < -0.39 is 0 Å². The van der Waals surface area contributed by atoms with Crippen LogP contribution in [0.5, 0.6) is 0 Å². The van der Waals surface area contributed by atoms with Gasteiger partial charge in [-0.1, -0.05) is 12.8 Å². The van der Waals surface area contributed by atoms with E-state index in [0.29, 0.717) is 12.0 Å². The summed E-state index contributed by atoms with van der Waals surface area (Å²) in [5.41, 5.74) is 0.590. The molecule has 0 aliphatic heterocycles. The van der Waals surface area contributed by atoms with Crippen LogP contribution in [0.3, 0.4) is 0 Å². The summed E-state index contributed by atoms with van der Waals surface area (Å²) in [7, 11) is 1.72. The number of methoxy groups -OCH3 is 1. The summed E-state index contributed by atoms with van der Waals surface area (Å²) >= 11 is 0. The second-order valence-electron chi connectivity index (χ2n) is 6.07. The summed E-state index contributed by atoms with van der Waals surface area (Å²) in [6.07, 6.45) is 11.0. The maximum Gasteiger partial charge on any atom is 0.0700 e. The maximum absolute atomic E-state index is 5.57. The van der Waals surface area contributed by atoms with Crippen molar-refractivity contribution in [1.29, 1.82) is 0 Å². The van der Waals surface area contributed by atoms with Crippen LogP contribution in [0.1, 0.15) is 51.4 Å². The molecule has 2 aliphatic carbocycles. The Balaban J connectivity index is 1.59. The Kier molecular flexibility index (Phi) is 5.93. The molecule has 3 nitrogen and oxygen atoms in total. The summed E-state index contributed by atoms with van der Waals surface area (Å²) in [4.78, 5) is 0. The number of ether oxygens (including phenoxy) is 2. The van der Waals surface area contributed by atoms with E-state index in [9.17, 15) is 0 Å². The Labute approximate surface area is 112 Å². The minimum absolute atomic E-state index is 0.590. The molecular formula is C15H29NO2. The second kappa shape index (κ2) is 7.46. The monoisotopic (exact) mass is 255 g/mol. The molecule has 18 heavy (non-hydrogen) atoms. The van der Waals surface area contributed by atoms with Crippen LogP contribution in [0, 0.1) is 5.41 Å². The van der Waals surface area contributed by atoms with Gasteiger partial charge in [0.1, 0.15) is 0 Å².